The number of aryl methyl sites for hydroxylation is 1. The third-order valence-electron chi connectivity index (χ3n) is 5.13. The first kappa shape index (κ1) is 23.0. The summed E-state index contributed by atoms with van der Waals surface area (Å²) in [5.74, 6) is -0.169. The highest BCUT2D eigenvalue weighted by Gasteiger charge is 2.29. The highest BCUT2D eigenvalue weighted by molar-refractivity contribution is 6.30. The second kappa shape index (κ2) is 11.0. The van der Waals surface area contributed by atoms with Crippen LogP contribution in [0.3, 0.4) is 0 Å². The second-order valence-corrected chi connectivity index (χ2v) is 7.99. The topological polar surface area (TPSA) is 49.4 Å². The summed E-state index contributed by atoms with van der Waals surface area (Å²) in [6.45, 7) is 8.38. The molecule has 0 saturated carbocycles. The van der Waals surface area contributed by atoms with Crippen molar-refractivity contribution >= 4 is 23.4 Å². The van der Waals surface area contributed by atoms with Crippen molar-refractivity contribution in [2.24, 2.45) is 0 Å². The molecule has 0 aliphatic heterocycles. The summed E-state index contributed by atoms with van der Waals surface area (Å²) in [6.07, 6.45) is 1.63. The van der Waals surface area contributed by atoms with Crippen molar-refractivity contribution in [3.8, 4) is 0 Å². The molecule has 0 aromatic heterocycles. The largest absolute Gasteiger partial charge is 0.352 e. The van der Waals surface area contributed by atoms with Crippen molar-refractivity contribution < 1.29 is 9.59 Å². The minimum absolute atomic E-state index is 0.0703. The predicted molar refractivity (Wildman–Crippen MR) is 119 cm³/mol. The molecule has 2 atom stereocenters. The molecular weight excluding hydrogens is 384 g/mol. The van der Waals surface area contributed by atoms with Gasteiger partial charge in [-0.05, 0) is 49.9 Å². The molecule has 0 radical (unpaired) electrons. The molecule has 0 fully saturated rings. The molecule has 2 aromatic carbocycles. The smallest absolute Gasteiger partial charge is 0.243 e. The first-order valence-electron chi connectivity index (χ1n) is 10.2. The fourth-order valence-corrected chi connectivity index (χ4v) is 3.26. The average molecular weight is 415 g/mol. The van der Waals surface area contributed by atoms with Crippen LogP contribution in [0.4, 0.5) is 0 Å². The van der Waals surface area contributed by atoms with Crippen LogP contribution in [-0.2, 0) is 22.6 Å². The van der Waals surface area contributed by atoms with Gasteiger partial charge in [0.25, 0.3) is 0 Å². The SMILES string of the molecule is CCC(C)NC(=O)C(CC)N(Cc1ccc(C)cc1)C(=O)Cc1ccc(Cl)cc1. The summed E-state index contributed by atoms with van der Waals surface area (Å²) in [6, 6.07) is 14.9. The van der Waals surface area contributed by atoms with Crippen molar-refractivity contribution in [3.05, 3.63) is 70.2 Å². The predicted octanol–water partition coefficient (Wildman–Crippen LogP) is 4.91. The van der Waals surface area contributed by atoms with E-state index in [-0.39, 0.29) is 24.3 Å². The fraction of sp³-hybridized carbons (Fsp3) is 0.417. The van der Waals surface area contributed by atoms with Crippen LogP contribution in [-0.4, -0.2) is 28.8 Å². The molecule has 2 amide bonds. The Morgan fingerprint density at radius 3 is 2.10 bits per heavy atom. The van der Waals surface area contributed by atoms with Crippen LogP contribution in [0.15, 0.2) is 48.5 Å². The molecule has 1 N–H and O–H groups in total. The highest BCUT2D eigenvalue weighted by atomic mass is 35.5. The molecule has 29 heavy (non-hydrogen) atoms. The fourth-order valence-electron chi connectivity index (χ4n) is 3.13. The van der Waals surface area contributed by atoms with E-state index in [9.17, 15) is 9.59 Å². The van der Waals surface area contributed by atoms with Crippen LogP contribution in [0.2, 0.25) is 5.02 Å². The first-order valence-corrected chi connectivity index (χ1v) is 10.6. The lowest BCUT2D eigenvalue weighted by Gasteiger charge is -2.31. The molecule has 0 bridgehead atoms. The summed E-state index contributed by atoms with van der Waals surface area (Å²) >= 11 is 5.96. The van der Waals surface area contributed by atoms with Crippen LogP contribution in [0.5, 0.6) is 0 Å². The molecule has 2 rings (SSSR count). The quantitative estimate of drug-likeness (QED) is 0.633. The van der Waals surface area contributed by atoms with Crippen LogP contribution < -0.4 is 5.32 Å². The number of hydrogen-bond acceptors (Lipinski definition) is 2. The Hall–Kier alpha value is -2.33. The number of rotatable bonds is 9. The van der Waals surface area contributed by atoms with Crippen molar-refractivity contribution in [2.45, 2.75) is 65.6 Å². The number of nitrogens with one attached hydrogen (secondary N) is 1. The van der Waals surface area contributed by atoms with E-state index >= 15 is 0 Å². The monoisotopic (exact) mass is 414 g/mol. The van der Waals surface area contributed by atoms with Gasteiger partial charge >= 0.3 is 0 Å². The average Bonchev–Trinajstić information content (AvgIpc) is 2.70. The van der Waals surface area contributed by atoms with E-state index < -0.39 is 6.04 Å². The molecular formula is C24H31ClN2O2. The summed E-state index contributed by atoms with van der Waals surface area (Å²) in [5.41, 5.74) is 3.05. The normalized spacial score (nSPS) is 12.9. The maximum atomic E-state index is 13.2. The van der Waals surface area contributed by atoms with Gasteiger partial charge < -0.3 is 10.2 Å². The number of hydrogen-bond donors (Lipinski definition) is 1. The van der Waals surface area contributed by atoms with Crippen LogP contribution in [0.1, 0.15) is 50.3 Å². The number of benzene rings is 2. The molecule has 0 aliphatic carbocycles. The number of nitrogens with zero attached hydrogens (tertiary/aromatic N) is 1. The minimum Gasteiger partial charge on any atom is -0.352 e. The van der Waals surface area contributed by atoms with E-state index in [4.69, 9.17) is 11.6 Å². The maximum Gasteiger partial charge on any atom is 0.243 e. The van der Waals surface area contributed by atoms with E-state index in [1.165, 1.54) is 0 Å². The Morgan fingerprint density at radius 2 is 1.55 bits per heavy atom. The first-order chi connectivity index (χ1) is 13.8. The number of carbonyl (C=O) groups excluding carboxylic acids is 2. The summed E-state index contributed by atoms with van der Waals surface area (Å²) in [4.78, 5) is 27.9. The Labute approximate surface area is 179 Å². The maximum absolute atomic E-state index is 13.2. The Bertz CT molecular complexity index is 803. The van der Waals surface area contributed by atoms with Gasteiger partial charge in [0.15, 0.2) is 0 Å². The van der Waals surface area contributed by atoms with Gasteiger partial charge in [-0.1, -0.05) is 67.4 Å². The molecule has 2 aromatic rings. The Kier molecular flexibility index (Phi) is 8.71. The summed E-state index contributed by atoms with van der Waals surface area (Å²) in [5, 5.41) is 3.67. The van der Waals surface area contributed by atoms with Gasteiger partial charge in [-0.25, -0.2) is 0 Å². The van der Waals surface area contributed by atoms with Crippen molar-refractivity contribution in [3.63, 3.8) is 0 Å². The van der Waals surface area contributed by atoms with Crippen LogP contribution >= 0.6 is 11.6 Å². The lowest BCUT2D eigenvalue weighted by Crippen LogP contribution is -2.51. The lowest BCUT2D eigenvalue weighted by molar-refractivity contribution is -0.141. The minimum atomic E-state index is -0.509. The van der Waals surface area contributed by atoms with Gasteiger partial charge in [0, 0.05) is 17.6 Å². The van der Waals surface area contributed by atoms with Crippen molar-refractivity contribution in [2.75, 3.05) is 0 Å². The number of carbonyl (C=O) groups is 2. The van der Waals surface area contributed by atoms with Crippen LogP contribution in [0, 0.1) is 6.92 Å². The van der Waals surface area contributed by atoms with Crippen molar-refractivity contribution in [1.82, 2.24) is 10.2 Å². The molecule has 4 nitrogen and oxygen atoms in total. The zero-order valence-corrected chi connectivity index (χ0v) is 18.5. The van der Waals surface area contributed by atoms with Gasteiger partial charge in [0.2, 0.25) is 11.8 Å². The summed E-state index contributed by atoms with van der Waals surface area (Å²) in [7, 11) is 0. The molecule has 156 valence electrons. The zero-order chi connectivity index (χ0) is 21.4. The second-order valence-electron chi connectivity index (χ2n) is 7.55. The van der Waals surface area contributed by atoms with E-state index in [1.54, 1.807) is 17.0 Å². The van der Waals surface area contributed by atoms with E-state index in [0.29, 0.717) is 18.0 Å². The van der Waals surface area contributed by atoms with Gasteiger partial charge in [-0.2, -0.15) is 0 Å². The molecule has 0 aliphatic rings. The summed E-state index contributed by atoms with van der Waals surface area (Å²) < 4.78 is 0. The lowest BCUT2D eigenvalue weighted by atomic mass is 10.1. The molecule has 5 heteroatoms. The van der Waals surface area contributed by atoms with E-state index in [2.05, 4.69) is 5.32 Å². The Balaban J connectivity index is 2.26. The van der Waals surface area contributed by atoms with E-state index in [1.807, 2.05) is 64.1 Å². The molecule has 0 heterocycles. The third-order valence-corrected chi connectivity index (χ3v) is 5.38. The van der Waals surface area contributed by atoms with Gasteiger partial charge in [-0.3, -0.25) is 9.59 Å². The number of amides is 2. The molecule has 0 spiro atoms. The van der Waals surface area contributed by atoms with Gasteiger partial charge in [0.05, 0.1) is 6.42 Å². The molecule has 2 unspecified atom stereocenters. The van der Waals surface area contributed by atoms with E-state index in [0.717, 1.165) is 23.1 Å². The Morgan fingerprint density at radius 1 is 0.966 bits per heavy atom. The zero-order valence-electron chi connectivity index (χ0n) is 17.7. The highest BCUT2D eigenvalue weighted by Crippen LogP contribution is 2.17. The van der Waals surface area contributed by atoms with Crippen LogP contribution in [0.25, 0.3) is 0 Å². The van der Waals surface area contributed by atoms with Gasteiger partial charge in [0.1, 0.15) is 6.04 Å². The standard InChI is InChI=1S/C24H31ClN2O2/c1-5-18(4)26-24(29)22(6-2)27(16-20-9-7-17(3)8-10-20)23(28)15-19-11-13-21(25)14-12-19/h7-14,18,22H,5-6,15-16H2,1-4H3,(H,26,29). The number of halogens is 1. The third kappa shape index (κ3) is 6.90. The van der Waals surface area contributed by atoms with Crippen molar-refractivity contribution in [1.29, 1.82) is 0 Å². The molecule has 0 saturated heterocycles. The van der Waals surface area contributed by atoms with Gasteiger partial charge in [-0.15, -0.1) is 0 Å².